The number of rotatable bonds is 4. The molecule has 4 nitrogen and oxygen atoms in total. The third-order valence-electron chi connectivity index (χ3n) is 8.25. The maximum absolute atomic E-state index is 8.53. The molecule has 0 aliphatic rings. The van der Waals surface area contributed by atoms with E-state index >= 15 is 0 Å². The number of fused-ring (bicyclic) bond motifs is 7. The number of aryl methyl sites for hydroxylation is 1. The molecule has 0 aliphatic carbocycles. The second-order valence-electron chi connectivity index (χ2n) is 12.7. The molecule has 1 radical (unpaired) electrons. The molecule has 0 atom stereocenters. The van der Waals surface area contributed by atoms with E-state index in [0.717, 1.165) is 49.6 Å². The van der Waals surface area contributed by atoms with Crippen LogP contribution in [0.25, 0.3) is 66.4 Å². The van der Waals surface area contributed by atoms with Crippen LogP contribution in [-0.2, 0) is 20.1 Å². The smallest absolute Gasteiger partial charge is 0.139 e. The monoisotopic (exact) mass is 813 g/mol. The average molecular weight is 813 g/mol. The van der Waals surface area contributed by atoms with Gasteiger partial charge in [0.05, 0.1) is 19.0 Å². The molecule has 0 fully saturated rings. The van der Waals surface area contributed by atoms with Crippen LogP contribution in [0.5, 0.6) is 0 Å². The Morgan fingerprint density at radius 1 is 0.745 bits per heavy atom. The topological polar surface area (TPSA) is 52.1 Å². The van der Waals surface area contributed by atoms with Crippen LogP contribution < -0.4 is 5.19 Å². The Morgan fingerprint density at radius 2 is 1.53 bits per heavy atom. The molecule has 4 heterocycles. The summed E-state index contributed by atoms with van der Waals surface area (Å²) in [5.74, 6) is -1.12. The molecule has 0 N–H and O–H groups in total. The summed E-state index contributed by atoms with van der Waals surface area (Å²) in [5, 5.41) is 5.14. The van der Waals surface area contributed by atoms with Crippen LogP contribution in [-0.4, -0.2) is 18.0 Å². The standard InChI is InChI=1S/C27H20NO2.C14H16NSi.Ir/c1-15(2)21-13-22(28-14-16(21)3)19-9-6-8-17-18-11-12-24-25(27(18)30-26(17)19)20-7-4-5-10-23(20)29-24;1-16(2,3)13-9-10-14(15-11-13)12-7-5-4-6-8-12;/h4-8,10-15H,1-3H3;4-7,9-11H,1-3H3;/q2*-1;/i3D3,15D;;. The summed E-state index contributed by atoms with van der Waals surface area (Å²) in [5.41, 5.74) is 6.56. The fourth-order valence-corrected chi connectivity index (χ4v) is 6.79. The zero-order valence-corrected chi connectivity index (χ0v) is 30.3. The third kappa shape index (κ3) is 6.21. The van der Waals surface area contributed by atoms with E-state index in [-0.39, 0.29) is 25.7 Å². The van der Waals surface area contributed by atoms with Gasteiger partial charge >= 0.3 is 0 Å². The summed E-state index contributed by atoms with van der Waals surface area (Å²) in [7, 11) is -1.23. The van der Waals surface area contributed by atoms with Crippen molar-refractivity contribution in [2.75, 3.05) is 0 Å². The summed E-state index contributed by atoms with van der Waals surface area (Å²) in [6.07, 6.45) is 3.37. The molecule has 0 saturated heterocycles. The SMILES string of the molecule is C[Si](C)(C)c1ccc(-c2[c-]cccc2)nc1.[2H]C([2H])([2H])c1cnc(-c2[c-]ccc3c2oc2c3ccc3oc4ccccc4c32)cc1C([2H])(C)C.[Ir]. The molecule has 8 rings (SSSR count). The summed E-state index contributed by atoms with van der Waals surface area (Å²) < 4.78 is 44.6. The molecule has 0 unspecified atom stereocenters. The minimum Gasteiger partial charge on any atom is -0.500 e. The van der Waals surface area contributed by atoms with Crippen molar-refractivity contribution in [2.45, 2.75) is 46.2 Å². The van der Waals surface area contributed by atoms with E-state index in [1.54, 1.807) is 19.9 Å². The van der Waals surface area contributed by atoms with Crippen LogP contribution in [0.4, 0.5) is 0 Å². The van der Waals surface area contributed by atoms with Gasteiger partial charge in [0.1, 0.15) is 16.7 Å². The van der Waals surface area contributed by atoms with E-state index in [0.29, 0.717) is 22.4 Å². The molecular formula is C41H36IrN2O2Si-2. The predicted octanol–water partition coefficient (Wildman–Crippen LogP) is 10.9. The first kappa shape index (κ1) is 27.7. The molecule has 8 aromatic rings. The summed E-state index contributed by atoms with van der Waals surface area (Å²) in [4.78, 5) is 8.98. The minimum atomic E-state index is -2.36. The Balaban J connectivity index is 0.000000222. The maximum atomic E-state index is 8.53. The molecule has 0 spiro atoms. The summed E-state index contributed by atoms with van der Waals surface area (Å²) in [6.45, 7) is 7.98. The summed E-state index contributed by atoms with van der Waals surface area (Å²) >= 11 is 0. The van der Waals surface area contributed by atoms with Gasteiger partial charge in [-0.3, -0.25) is 0 Å². The van der Waals surface area contributed by atoms with Gasteiger partial charge in [-0.05, 0) is 58.6 Å². The summed E-state index contributed by atoms with van der Waals surface area (Å²) in [6, 6.07) is 35.9. The van der Waals surface area contributed by atoms with Gasteiger partial charge in [0.2, 0.25) is 0 Å². The Labute approximate surface area is 295 Å². The van der Waals surface area contributed by atoms with Gasteiger partial charge in [0.25, 0.3) is 0 Å². The van der Waals surface area contributed by atoms with Gasteiger partial charge in [-0.1, -0.05) is 80.8 Å². The molecule has 0 amide bonds. The molecule has 47 heavy (non-hydrogen) atoms. The van der Waals surface area contributed by atoms with Gasteiger partial charge in [0, 0.05) is 48.8 Å². The molecule has 4 aromatic heterocycles. The zero-order chi connectivity index (χ0) is 35.4. The van der Waals surface area contributed by atoms with Crippen molar-refractivity contribution in [1.29, 1.82) is 0 Å². The minimum absolute atomic E-state index is 0. The average Bonchev–Trinajstić information content (AvgIpc) is 3.66. The predicted molar refractivity (Wildman–Crippen MR) is 193 cm³/mol. The van der Waals surface area contributed by atoms with E-state index in [2.05, 4.69) is 53.9 Å². The Hall–Kier alpha value is -4.35. The van der Waals surface area contributed by atoms with Crippen LogP contribution >= 0.6 is 0 Å². The Bertz CT molecular complexity index is 2500. The Morgan fingerprint density at radius 3 is 2.26 bits per heavy atom. The normalized spacial score (nSPS) is 13.4. The van der Waals surface area contributed by atoms with E-state index in [1.807, 2.05) is 79.0 Å². The van der Waals surface area contributed by atoms with Gasteiger partial charge in [-0.25, -0.2) is 0 Å². The van der Waals surface area contributed by atoms with Crippen molar-refractivity contribution in [3.8, 4) is 22.5 Å². The number of benzene rings is 4. The van der Waals surface area contributed by atoms with Gasteiger partial charge in [0.15, 0.2) is 0 Å². The second-order valence-corrected chi connectivity index (χ2v) is 17.8. The number of hydrogen-bond donors (Lipinski definition) is 0. The first-order valence-electron chi connectivity index (χ1n) is 17.3. The van der Waals surface area contributed by atoms with E-state index in [1.165, 1.54) is 11.4 Å². The van der Waals surface area contributed by atoms with E-state index < -0.39 is 20.8 Å². The van der Waals surface area contributed by atoms with Crippen LogP contribution in [0.15, 0.2) is 112 Å². The molecule has 6 heteroatoms. The van der Waals surface area contributed by atoms with Crippen molar-refractivity contribution >= 4 is 57.1 Å². The number of hydrogen-bond acceptors (Lipinski definition) is 4. The second kappa shape index (κ2) is 13.0. The number of pyridine rings is 2. The van der Waals surface area contributed by atoms with Gasteiger partial charge in [-0.2, -0.15) is 0 Å². The molecular weight excluding hydrogens is 773 g/mol. The number of nitrogens with zero attached hydrogens (tertiary/aromatic N) is 2. The van der Waals surface area contributed by atoms with Crippen LogP contribution in [0, 0.1) is 19.0 Å². The molecule has 0 saturated carbocycles. The van der Waals surface area contributed by atoms with Crippen LogP contribution in [0.2, 0.25) is 19.6 Å². The fourth-order valence-electron chi connectivity index (χ4n) is 5.75. The van der Waals surface area contributed by atoms with Crippen LogP contribution in [0.1, 0.15) is 36.4 Å². The molecule has 0 aliphatic heterocycles. The number of furan rings is 2. The molecule has 0 bridgehead atoms. The zero-order valence-electron chi connectivity index (χ0n) is 30.9. The van der Waals surface area contributed by atoms with Crippen molar-refractivity contribution in [2.24, 2.45) is 0 Å². The van der Waals surface area contributed by atoms with Gasteiger partial charge in [-0.15, -0.1) is 54.1 Å². The number of para-hydroxylation sites is 1. The quantitative estimate of drug-likeness (QED) is 0.131. The van der Waals surface area contributed by atoms with E-state index in [9.17, 15) is 0 Å². The van der Waals surface area contributed by atoms with Gasteiger partial charge < -0.3 is 18.8 Å². The maximum Gasteiger partial charge on any atom is 0.139 e. The molecule has 4 aromatic carbocycles. The fraction of sp³-hybridized carbons (Fsp3) is 0.171. The molecule has 237 valence electrons. The van der Waals surface area contributed by atoms with Crippen molar-refractivity contribution in [1.82, 2.24) is 9.97 Å². The first-order valence-corrected chi connectivity index (χ1v) is 18.8. The first-order chi connectivity index (χ1) is 23.7. The van der Waals surface area contributed by atoms with Crippen LogP contribution in [0.3, 0.4) is 0 Å². The number of aromatic nitrogens is 2. The van der Waals surface area contributed by atoms with Crippen molar-refractivity contribution < 1.29 is 34.4 Å². The third-order valence-corrected chi connectivity index (χ3v) is 10.3. The van der Waals surface area contributed by atoms with E-state index in [4.69, 9.17) is 14.3 Å². The Kier molecular flexibility index (Phi) is 7.69. The largest absolute Gasteiger partial charge is 0.500 e. The van der Waals surface area contributed by atoms with Crippen molar-refractivity contribution in [3.63, 3.8) is 0 Å². The van der Waals surface area contributed by atoms with Crippen molar-refractivity contribution in [3.05, 3.63) is 127 Å².